The minimum absolute atomic E-state index is 0.0983. The Morgan fingerprint density at radius 2 is 1.70 bits per heavy atom. The molecule has 1 N–H and O–H groups in total. The Morgan fingerprint density at radius 1 is 1.11 bits per heavy atom. The Kier molecular flexibility index (Phi) is 3.99. The van der Waals surface area contributed by atoms with Crippen molar-refractivity contribution in [1.82, 2.24) is 0 Å². The smallest absolute Gasteiger partial charge is 0.233 e. The highest BCUT2D eigenvalue weighted by Crippen LogP contribution is 2.61. The fourth-order valence-corrected chi connectivity index (χ4v) is 7.51. The third-order valence-electron chi connectivity index (χ3n) is 8.64. The van der Waals surface area contributed by atoms with Crippen LogP contribution in [0.4, 0.5) is 5.69 Å². The summed E-state index contributed by atoms with van der Waals surface area (Å²) in [5.74, 6) is 3.09. The number of amides is 1. The highest BCUT2D eigenvalue weighted by molar-refractivity contribution is 5.99. The second kappa shape index (κ2) is 6.07. The van der Waals surface area contributed by atoms with Crippen LogP contribution in [0.2, 0.25) is 0 Å². The van der Waals surface area contributed by atoms with Crippen molar-refractivity contribution in [3.63, 3.8) is 0 Å². The Labute approximate surface area is 163 Å². The molecule has 1 amide bonds. The summed E-state index contributed by atoms with van der Waals surface area (Å²) in [6.07, 6.45) is 8.30. The Hall–Kier alpha value is -1.35. The molecule has 0 radical (unpaired) electrons. The van der Waals surface area contributed by atoms with Gasteiger partial charge in [0.05, 0.1) is 12.0 Å². The Bertz CT molecular complexity index is 719. The normalized spacial score (nSPS) is 39.7. The van der Waals surface area contributed by atoms with E-state index < -0.39 is 0 Å². The number of rotatable bonds is 3. The number of aliphatic hydroxyl groups is 1. The number of hydrogen-bond donors (Lipinski definition) is 1. The maximum Gasteiger partial charge on any atom is 0.233 e. The van der Waals surface area contributed by atoms with Crippen LogP contribution in [-0.4, -0.2) is 24.2 Å². The van der Waals surface area contributed by atoms with E-state index >= 15 is 0 Å². The van der Waals surface area contributed by atoms with Crippen LogP contribution < -0.4 is 4.90 Å². The maximum atomic E-state index is 13.9. The van der Waals surface area contributed by atoms with E-state index in [1.54, 1.807) is 0 Å². The first-order chi connectivity index (χ1) is 13.0. The molecule has 27 heavy (non-hydrogen) atoms. The standard InChI is InChI=1S/C24H33NO2/c1-16(2)24(15-26)7-8-25(21-6-4-3-5-20(21)24)22(27)23-12-17-9-18(13-23)11-19(10-17)14-23/h3-6,16-19,26H,7-15H2,1-2H3. The molecule has 3 nitrogen and oxygen atoms in total. The Morgan fingerprint density at radius 3 is 2.26 bits per heavy atom. The molecule has 1 atom stereocenters. The number of carbonyl (C=O) groups excluding carboxylic acids is 1. The largest absolute Gasteiger partial charge is 0.395 e. The summed E-state index contributed by atoms with van der Waals surface area (Å²) in [4.78, 5) is 16.1. The van der Waals surface area contributed by atoms with Gasteiger partial charge < -0.3 is 10.0 Å². The van der Waals surface area contributed by atoms with Gasteiger partial charge in [0.2, 0.25) is 5.91 Å². The molecule has 146 valence electrons. The lowest BCUT2D eigenvalue weighted by Crippen LogP contribution is -2.57. The van der Waals surface area contributed by atoms with Crippen molar-refractivity contribution in [2.75, 3.05) is 18.1 Å². The van der Waals surface area contributed by atoms with Gasteiger partial charge in [0.15, 0.2) is 0 Å². The lowest BCUT2D eigenvalue weighted by molar-refractivity contribution is -0.143. The molecule has 5 aliphatic rings. The van der Waals surface area contributed by atoms with Gasteiger partial charge in [-0.05, 0) is 80.2 Å². The number of hydrogen-bond acceptors (Lipinski definition) is 2. The molecule has 4 saturated carbocycles. The SMILES string of the molecule is CC(C)C1(CO)CCN(C(=O)C23CC4CC(CC(C4)C2)C3)c2ccccc21. The van der Waals surface area contributed by atoms with Gasteiger partial charge in [0.25, 0.3) is 0 Å². The van der Waals surface area contributed by atoms with Crippen molar-refractivity contribution in [2.45, 2.75) is 64.2 Å². The molecule has 4 fully saturated rings. The first-order valence-electron chi connectivity index (χ1n) is 11.0. The molecule has 3 heteroatoms. The van der Waals surface area contributed by atoms with Gasteiger partial charge >= 0.3 is 0 Å². The van der Waals surface area contributed by atoms with Gasteiger partial charge in [-0.25, -0.2) is 0 Å². The molecule has 0 aromatic heterocycles. The van der Waals surface area contributed by atoms with Crippen molar-refractivity contribution in [1.29, 1.82) is 0 Å². The molecule has 4 bridgehead atoms. The van der Waals surface area contributed by atoms with E-state index in [-0.39, 0.29) is 17.4 Å². The molecule has 1 aromatic rings. The Balaban J connectivity index is 1.52. The van der Waals surface area contributed by atoms with E-state index in [4.69, 9.17) is 0 Å². The van der Waals surface area contributed by atoms with Gasteiger partial charge in [-0.15, -0.1) is 0 Å². The van der Waals surface area contributed by atoms with Crippen LogP contribution in [0.3, 0.4) is 0 Å². The molecule has 1 unspecified atom stereocenters. The van der Waals surface area contributed by atoms with E-state index in [1.807, 2.05) is 6.07 Å². The molecular weight excluding hydrogens is 334 g/mol. The third kappa shape index (κ3) is 2.46. The van der Waals surface area contributed by atoms with Crippen LogP contribution in [0, 0.1) is 29.1 Å². The zero-order valence-electron chi connectivity index (χ0n) is 16.8. The number of fused-ring (bicyclic) bond motifs is 1. The highest BCUT2D eigenvalue weighted by atomic mass is 16.3. The van der Waals surface area contributed by atoms with E-state index in [1.165, 1.54) is 24.8 Å². The van der Waals surface area contributed by atoms with Crippen molar-refractivity contribution in [3.8, 4) is 0 Å². The summed E-state index contributed by atoms with van der Waals surface area (Å²) in [6, 6.07) is 8.36. The first kappa shape index (κ1) is 17.7. The van der Waals surface area contributed by atoms with E-state index in [0.29, 0.717) is 11.8 Å². The predicted molar refractivity (Wildman–Crippen MR) is 108 cm³/mol. The molecular formula is C24H33NO2. The lowest BCUT2D eigenvalue weighted by atomic mass is 9.49. The fraction of sp³-hybridized carbons (Fsp3) is 0.708. The second-order valence-electron chi connectivity index (χ2n) is 10.4. The van der Waals surface area contributed by atoms with Gasteiger partial charge in [0.1, 0.15) is 0 Å². The molecule has 6 rings (SSSR count). The van der Waals surface area contributed by atoms with Gasteiger partial charge in [-0.3, -0.25) is 4.79 Å². The fourth-order valence-electron chi connectivity index (χ4n) is 7.51. The molecule has 1 aromatic carbocycles. The van der Waals surface area contributed by atoms with Crippen LogP contribution in [-0.2, 0) is 10.2 Å². The third-order valence-corrected chi connectivity index (χ3v) is 8.64. The summed E-state index contributed by atoms with van der Waals surface area (Å²) in [5, 5.41) is 10.3. The average Bonchev–Trinajstić information content (AvgIpc) is 2.65. The molecule has 1 aliphatic heterocycles. The quantitative estimate of drug-likeness (QED) is 0.853. The number of benzene rings is 1. The van der Waals surface area contributed by atoms with Crippen LogP contribution in [0.5, 0.6) is 0 Å². The second-order valence-corrected chi connectivity index (χ2v) is 10.4. The molecule has 4 aliphatic carbocycles. The van der Waals surface area contributed by atoms with Gasteiger partial charge in [-0.2, -0.15) is 0 Å². The summed E-state index contributed by atoms with van der Waals surface area (Å²) in [6.45, 7) is 5.30. The molecule has 1 heterocycles. The number of para-hydroxylation sites is 1. The zero-order valence-corrected chi connectivity index (χ0v) is 16.8. The summed E-state index contributed by atoms with van der Waals surface area (Å²) < 4.78 is 0. The van der Waals surface area contributed by atoms with Crippen molar-refractivity contribution in [2.24, 2.45) is 29.1 Å². The van der Waals surface area contributed by atoms with E-state index in [2.05, 4.69) is 36.9 Å². The number of nitrogens with zero attached hydrogens (tertiary/aromatic N) is 1. The first-order valence-corrected chi connectivity index (χ1v) is 11.0. The minimum atomic E-state index is -0.227. The van der Waals surface area contributed by atoms with Gasteiger partial charge in [0, 0.05) is 17.6 Å². The van der Waals surface area contributed by atoms with Crippen LogP contribution >= 0.6 is 0 Å². The van der Waals surface area contributed by atoms with Crippen molar-refractivity contribution < 1.29 is 9.90 Å². The van der Waals surface area contributed by atoms with Crippen LogP contribution in [0.25, 0.3) is 0 Å². The minimum Gasteiger partial charge on any atom is -0.395 e. The van der Waals surface area contributed by atoms with Gasteiger partial charge in [-0.1, -0.05) is 32.0 Å². The average molecular weight is 368 g/mol. The topological polar surface area (TPSA) is 40.5 Å². The molecule has 0 saturated heterocycles. The summed E-state index contributed by atoms with van der Waals surface area (Å²) in [7, 11) is 0. The number of anilines is 1. The molecule has 0 spiro atoms. The predicted octanol–water partition coefficient (Wildman–Crippen LogP) is 4.53. The lowest BCUT2D eigenvalue weighted by Gasteiger charge is -2.57. The van der Waals surface area contributed by atoms with Crippen molar-refractivity contribution >= 4 is 11.6 Å². The van der Waals surface area contributed by atoms with E-state index in [9.17, 15) is 9.90 Å². The van der Waals surface area contributed by atoms with Crippen LogP contribution in [0.1, 0.15) is 64.4 Å². The summed E-state index contributed by atoms with van der Waals surface area (Å²) >= 11 is 0. The highest BCUT2D eigenvalue weighted by Gasteiger charge is 2.56. The monoisotopic (exact) mass is 367 g/mol. The number of carbonyl (C=O) groups is 1. The van der Waals surface area contributed by atoms with Crippen LogP contribution in [0.15, 0.2) is 24.3 Å². The van der Waals surface area contributed by atoms with E-state index in [0.717, 1.165) is 55.7 Å². The summed E-state index contributed by atoms with van der Waals surface area (Å²) in [5.41, 5.74) is 1.91. The van der Waals surface area contributed by atoms with Crippen molar-refractivity contribution in [3.05, 3.63) is 29.8 Å². The maximum absolute atomic E-state index is 13.9. The number of aliphatic hydroxyl groups excluding tert-OH is 1. The zero-order chi connectivity index (χ0) is 18.8.